The molecule has 2 aromatic carbocycles. The maximum atomic E-state index is 12.0. The van der Waals surface area contributed by atoms with Crippen LogP contribution in [0, 0.1) is 0 Å². The highest BCUT2D eigenvalue weighted by Gasteiger charge is 2.14. The van der Waals surface area contributed by atoms with Crippen molar-refractivity contribution in [2.75, 3.05) is 5.73 Å². The van der Waals surface area contributed by atoms with Crippen LogP contribution < -0.4 is 5.73 Å². The molecular formula is C15H14BrNO2. The lowest BCUT2D eigenvalue weighted by molar-refractivity contribution is 0.0338. The summed E-state index contributed by atoms with van der Waals surface area (Å²) in [5.41, 5.74) is 7.62. The molecule has 1 atom stereocenters. The monoisotopic (exact) mass is 319 g/mol. The van der Waals surface area contributed by atoms with E-state index in [0.29, 0.717) is 11.3 Å². The summed E-state index contributed by atoms with van der Waals surface area (Å²) in [5.74, 6) is -0.385. The first-order chi connectivity index (χ1) is 9.06. The fraction of sp³-hybridized carbons (Fsp3) is 0.133. The van der Waals surface area contributed by atoms with E-state index in [4.69, 9.17) is 10.5 Å². The van der Waals surface area contributed by atoms with Crippen molar-refractivity contribution >= 4 is 27.6 Å². The molecule has 0 amide bonds. The molecular weight excluding hydrogens is 306 g/mol. The smallest absolute Gasteiger partial charge is 0.338 e. The summed E-state index contributed by atoms with van der Waals surface area (Å²) in [5, 5.41) is 0. The number of nitrogens with two attached hydrogens (primary N) is 1. The maximum Gasteiger partial charge on any atom is 0.338 e. The van der Waals surface area contributed by atoms with E-state index in [-0.39, 0.29) is 12.1 Å². The molecule has 0 aromatic heterocycles. The lowest BCUT2D eigenvalue weighted by Gasteiger charge is -2.13. The highest BCUT2D eigenvalue weighted by atomic mass is 79.9. The molecule has 4 heteroatoms. The number of esters is 1. The SMILES string of the molecule is CC(OC(=O)c1cc(N)cc(Br)c1)c1ccccc1. The number of carbonyl (C=O) groups excluding carboxylic acids is 1. The van der Waals surface area contributed by atoms with Gasteiger partial charge in [-0.15, -0.1) is 0 Å². The average molecular weight is 320 g/mol. The minimum Gasteiger partial charge on any atom is -0.454 e. The Bertz CT molecular complexity index is 564. The van der Waals surface area contributed by atoms with Gasteiger partial charge in [-0.3, -0.25) is 0 Å². The van der Waals surface area contributed by atoms with Gasteiger partial charge in [-0.1, -0.05) is 46.3 Å². The van der Waals surface area contributed by atoms with Gasteiger partial charge >= 0.3 is 5.97 Å². The largest absolute Gasteiger partial charge is 0.454 e. The summed E-state index contributed by atoms with van der Waals surface area (Å²) in [4.78, 5) is 12.0. The first-order valence-electron chi connectivity index (χ1n) is 5.88. The molecule has 0 saturated heterocycles. The summed E-state index contributed by atoms with van der Waals surface area (Å²) in [6.07, 6.45) is -0.297. The second-order valence-electron chi connectivity index (χ2n) is 4.23. The maximum absolute atomic E-state index is 12.0. The Balaban J connectivity index is 2.13. The fourth-order valence-corrected chi connectivity index (χ4v) is 2.26. The van der Waals surface area contributed by atoms with E-state index in [1.54, 1.807) is 18.2 Å². The number of anilines is 1. The van der Waals surface area contributed by atoms with Gasteiger partial charge in [0.05, 0.1) is 5.56 Å². The number of ether oxygens (including phenoxy) is 1. The van der Waals surface area contributed by atoms with Gasteiger partial charge in [-0.05, 0) is 30.7 Å². The van der Waals surface area contributed by atoms with Crippen LogP contribution in [0.4, 0.5) is 5.69 Å². The lowest BCUT2D eigenvalue weighted by Crippen LogP contribution is -2.09. The molecule has 0 bridgehead atoms. The summed E-state index contributed by atoms with van der Waals surface area (Å²) in [6.45, 7) is 1.84. The molecule has 0 spiro atoms. The van der Waals surface area contributed by atoms with Crippen LogP contribution in [0.1, 0.15) is 28.9 Å². The molecule has 19 heavy (non-hydrogen) atoms. The van der Waals surface area contributed by atoms with Crippen LogP contribution in [-0.4, -0.2) is 5.97 Å². The molecule has 2 N–H and O–H groups in total. The predicted octanol–water partition coefficient (Wildman–Crippen LogP) is 3.95. The highest BCUT2D eigenvalue weighted by Crippen LogP contribution is 2.21. The van der Waals surface area contributed by atoms with Crippen molar-refractivity contribution in [3.05, 3.63) is 64.1 Å². The Morgan fingerprint density at radius 1 is 1.21 bits per heavy atom. The van der Waals surface area contributed by atoms with Gasteiger partial charge in [0.15, 0.2) is 0 Å². The minimum atomic E-state index is -0.385. The van der Waals surface area contributed by atoms with Crippen LogP contribution in [0.5, 0.6) is 0 Å². The molecule has 0 aliphatic heterocycles. The summed E-state index contributed by atoms with van der Waals surface area (Å²) in [6, 6.07) is 14.6. The molecule has 2 rings (SSSR count). The Morgan fingerprint density at radius 3 is 2.53 bits per heavy atom. The van der Waals surface area contributed by atoms with Crippen LogP contribution in [0.3, 0.4) is 0 Å². The van der Waals surface area contributed by atoms with E-state index in [9.17, 15) is 4.79 Å². The number of hydrogen-bond donors (Lipinski definition) is 1. The second-order valence-corrected chi connectivity index (χ2v) is 5.15. The minimum absolute atomic E-state index is 0.297. The van der Waals surface area contributed by atoms with Crippen molar-refractivity contribution in [2.24, 2.45) is 0 Å². The Kier molecular flexibility index (Phi) is 4.22. The third-order valence-corrected chi connectivity index (χ3v) is 3.17. The van der Waals surface area contributed by atoms with Gasteiger partial charge in [-0.2, -0.15) is 0 Å². The van der Waals surface area contributed by atoms with Crippen LogP contribution in [0.2, 0.25) is 0 Å². The van der Waals surface area contributed by atoms with E-state index < -0.39 is 0 Å². The topological polar surface area (TPSA) is 52.3 Å². The zero-order valence-corrected chi connectivity index (χ0v) is 12.1. The third kappa shape index (κ3) is 3.58. The lowest BCUT2D eigenvalue weighted by atomic mass is 10.1. The zero-order valence-electron chi connectivity index (χ0n) is 10.5. The highest BCUT2D eigenvalue weighted by molar-refractivity contribution is 9.10. The molecule has 0 fully saturated rings. The number of hydrogen-bond acceptors (Lipinski definition) is 3. The van der Waals surface area contributed by atoms with Crippen molar-refractivity contribution in [1.82, 2.24) is 0 Å². The summed E-state index contributed by atoms with van der Waals surface area (Å²) in [7, 11) is 0. The molecule has 0 saturated carbocycles. The van der Waals surface area contributed by atoms with Crippen molar-refractivity contribution in [3.63, 3.8) is 0 Å². The fourth-order valence-electron chi connectivity index (χ4n) is 1.75. The van der Waals surface area contributed by atoms with Gasteiger partial charge in [-0.25, -0.2) is 4.79 Å². The molecule has 98 valence electrons. The Hall–Kier alpha value is -1.81. The standard InChI is InChI=1S/C15H14BrNO2/c1-10(11-5-3-2-4-6-11)19-15(18)12-7-13(16)9-14(17)8-12/h2-10H,17H2,1H3. The summed E-state index contributed by atoms with van der Waals surface area (Å²) >= 11 is 3.30. The second kappa shape index (κ2) is 5.89. The normalized spacial score (nSPS) is 11.9. The number of carbonyl (C=O) groups is 1. The average Bonchev–Trinajstić information content (AvgIpc) is 2.38. The van der Waals surface area contributed by atoms with E-state index in [1.807, 2.05) is 37.3 Å². The number of nitrogen functional groups attached to an aromatic ring is 1. The van der Waals surface area contributed by atoms with Gasteiger partial charge in [0, 0.05) is 10.2 Å². The van der Waals surface area contributed by atoms with E-state index in [1.165, 1.54) is 0 Å². The Labute approximate surface area is 120 Å². The molecule has 0 radical (unpaired) electrons. The number of rotatable bonds is 3. The van der Waals surface area contributed by atoms with Gasteiger partial charge in [0.1, 0.15) is 6.10 Å². The zero-order chi connectivity index (χ0) is 13.8. The van der Waals surface area contributed by atoms with Crippen molar-refractivity contribution < 1.29 is 9.53 Å². The molecule has 2 aromatic rings. The molecule has 1 unspecified atom stereocenters. The predicted molar refractivity (Wildman–Crippen MR) is 78.8 cm³/mol. The van der Waals surface area contributed by atoms with E-state index in [0.717, 1.165) is 10.0 Å². The van der Waals surface area contributed by atoms with Crippen LogP contribution in [0.15, 0.2) is 53.0 Å². The number of benzene rings is 2. The quantitative estimate of drug-likeness (QED) is 0.688. The van der Waals surface area contributed by atoms with Crippen molar-refractivity contribution in [3.8, 4) is 0 Å². The van der Waals surface area contributed by atoms with Crippen LogP contribution in [-0.2, 0) is 4.74 Å². The third-order valence-electron chi connectivity index (χ3n) is 2.71. The van der Waals surface area contributed by atoms with Gasteiger partial charge in [0.25, 0.3) is 0 Å². The van der Waals surface area contributed by atoms with Crippen LogP contribution >= 0.6 is 15.9 Å². The van der Waals surface area contributed by atoms with Crippen molar-refractivity contribution in [2.45, 2.75) is 13.0 Å². The molecule has 0 aliphatic carbocycles. The molecule has 3 nitrogen and oxygen atoms in total. The van der Waals surface area contributed by atoms with Crippen LogP contribution in [0.25, 0.3) is 0 Å². The van der Waals surface area contributed by atoms with E-state index >= 15 is 0 Å². The molecule has 0 aliphatic rings. The molecule has 0 heterocycles. The first kappa shape index (κ1) is 13.6. The van der Waals surface area contributed by atoms with Crippen molar-refractivity contribution in [1.29, 1.82) is 0 Å². The number of halogens is 1. The first-order valence-corrected chi connectivity index (χ1v) is 6.67. The Morgan fingerprint density at radius 2 is 1.89 bits per heavy atom. The van der Waals surface area contributed by atoms with Gasteiger partial charge in [0.2, 0.25) is 0 Å². The van der Waals surface area contributed by atoms with Gasteiger partial charge < -0.3 is 10.5 Å². The summed E-state index contributed by atoms with van der Waals surface area (Å²) < 4.78 is 6.17. The van der Waals surface area contributed by atoms with E-state index in [2.05, 4.69) is 15.9 Å².